The lowest BCUT2D eigenvalue weighted by atomic mass is 10.2. The van der Waals surface area contributed by atoms with Crippen molar-refractivity contribution in [2.75, 3.05) is 6.54 Å². The molecule has 6 nitrogen and oxygen atoms in total. The van der Waals surface area contributed by atoms with Gasteiger partial charge in [0, 0.05) is 31.0 Å². The molecule has 0 amide bonds. The normalized spacial score (nSPS) is 12.9. The lowest BCUT2D eigenvalue weighted by Crippen LogP contribution is -2.17. The van der Waals surface area contributed by atoms with Crippen LogP contribution >= 0.6 is 0 Å². The third kappa shape index (κ3) is 2.91. The van der Waals surface area contributed by atoms with Crippen molar-refractivity contribution in [2.24, 2.45) is 7.05 Å². The van der Waals surface area contributed by atoms with Gasteiger partial charge in [-0.3, -0.25) is 9.36 Å². The first kappa shape index (κ1) is 11.8. The fourth-order valence-corrected chi connectivity index (χ4v) is 1.75. The van der Waals surface area contributed by atoms with E-state index in [-0.39, 0.29) is 0 Å². The van der Waals surface area contributed by atoms with Crippen LogP contribution in [0.5, 0.6) is 0 Å². The van der Waals surface area contributed by atoms with Crippen LogP contribution in [0, 0.1) is 0 Å². The van der Waals surface area contributed by atoms with Crippen LogP contribution in [0.2, 0.25) is 0 Å². The van der Waals surface area contributed by atoms with Crippen molar-refractivity contribution in [3.63, 3.8) is 0 Å². The maximum atomic E-state index is 4.32. The van der Waals surface area contributed by atoms with E-state index in [4.69, 9.17) is 0 Å². The van der Waals surface area contributed by atoms with Gasteiger partial charge >= 0.3 is 0 Å². The number of nitrogens with zero attached hydrogens (tertiary/aromatic N) is 5. The van der Waals surface area contributed by atoms with Gasteiger partial charge in [-0.15, -0.1) is 5.10 Å². The molecule has 17 heavy (non-hydrogen) atoms. The van der Waals surface area contributed by atoms with Gasteiger partial charge in [-0.1, -0.05) is 12.1 Å². The minimum atomic E-state index is 0.329. The zero-order valence-electron chi connectivity index (χ0n) is 10.5. The smallest absolute Gasteiger partial charge is 0.104 e. The molecule has 2 aromatic heterocycles. The second-order valence-electron chi connectivity index (χ2n) is 4.13. The van der Waals surface area contributed by atoms with Crippen LogP contribution in [-0.2, 0) is 13.6 Å². The van der Waals surface area contributed by atoms with E-state index in [2.05, 4.69) is 34.6 Å². The Balaban J connectivity index is 2.03. The highest BCUT2D eigenvalue weighted by Crippen LogP contribution is 2.10. The van der Waals surface area contributed by atoms with Crippen LogP contribution < -0.4 is 5.32 Å². The molecule has 0 bridgehead atoms. The molecule has 0 aliphatic carbocycles. The zero-order valence-corrected chi connectivity index (χ0v) is 10.5. The van der Waals surface area contributed by atoms with Gasteiger partial charge in [0.05, 0.1) is 12.7 Å². The number of rotatable bonds is 5. The maximum Gasteiger partial charge on any atom is 0.104 e. The standard InChI is InChI=1S/C11H18N6/c1-4-12-9(2)10-5-13-17(6-10)8-11-7-16(3)15-14-11/h5-7,9,12H,4,8H2,1-3H3. The van der Waals surface area contributed by atoms with Crippen molar-refractivity contribution in [3.8, 4) is 0 Å². The van der Waals surface area contributed by atoms with E-state index in [0.29, 0.717) is 12.6 Å². The van der Waals surface area contributed by atoms with Gasteiger partial charge in [0.15, 0.2) is 0 Å². The van der Waals surface area contributed by atoms with E-state index < -0.39 is 0 Å². The van der Waals surface area contributed by atoms with Crippen molar-refractivity contribution in [3.05, 3.63) is 29.8 Å². The molecular weight excluding hydrogens is 216 g/mol. The number of aryl methyl sites for hydroxylation is 1. The largest absolute Gasteiger partial charge is 0.310 e. The number of hydrogen-bond donors (Lipinski definition) is 1. The maximum absolute atomic E-state index is 4.32. The van der Waals surface area contributed by atoms with Crippen LogP contribution in [0.4, 0.5) is 0 Å². The monoisotopic (exact) mass is 234 g/mol. The fourth-order valence-electron chi connectivity index (χ4n) is 1.75. The van der Waals surface area contributed by atoms with E-state index in [0.717, 1.165) is 12.2 Å². The summed E-state index contributed by atoms with van der Waals surface area (Å²) in [5, 5.41) is 15.6. The number of hydrogen-bond acceptors (Lipinski definition) is 4. The van der Waals surface area contributed by atoms with Crippen LogP contribution in [0.1, 0.15) is 31.1 Å². The Hall–Kier alpha value is -1.69. The number of nitrogens with one attached hydrogen (secondary N) is 1. The van der Waals surface area contributed by atoms with Gasteiger partial charge < -0.3 is 5.32 Å². The Bertz CT molecular complexity index is 472. The highest BCUT2D eigenvalue weighted by molar-refractivity contribution is 5.10. The first-order chi connectivity index (χ1) is 8.19. The SMILES string of the molecule is CCNC(C)c1cnn(Cc2cn(C)nn2)c1. The molecule has 1 unspecified atom stereocenters. The average Bonchev–Trinajstić information content (AvgIpc) is 2.89. The van der Waals surface area contributed by atoms with E-state index in [1.54, 1.807) is 4.68 Å². The van der Waals surface area contributed by atoms with Crippen LogP contribution in [0.25, 0.3) is 0 Å². The Morgan fingerprint density at radius 3 is 2.88 bits per heavy atom. The molecule has 0 aliphatic heterocycles. The summed E-state index contributed by atoms with van der Waals surface area (Å²) < 4.78 is 3.58. The molecule has 0 saturated carbocycles. The molecule has 2 heterocycles. The van der Waals surface area contributed by atoms with Crippen LogP contribution in [0.15, 0.2) is 18.6 Å². The quantitative estimate of drug-likeness (QED) is 0.828. The first-order valence-corrected chi connectivity index (χ1v) is 5.80. The Kier molecular flexibility index (Phi) is 3.53. The summed E-state index contributed by atoms with van der Waals surface area (Å²) in [6, 6.07) is 0.329. The van der Waals surface area contributed by atoms with Gasteiger partial charge in [0.2, 0.25) is 0 Å². The fraction of sp³-hybridized carbons (Fsp3) is 0.545. The Labute approximate surface area is 101 Å². The van der Waals surface area contributed by atoms with E-state index in [1.165, 1.54) is 5.56 Å². The van der Waals surface area contributed by atoms with Crippen molar-refractivity contribution in [1.82, 2.24) is 30.1 Å². The average molecular weight is 234 g/mol. The lowest BCUT2D eigenvalue weighted by molar-refractivity contribution is 0.596. The second-order valence-corrected chi connectivity index (χ2v) is 4.13. The minimum absolute atomic E-state index is 0.329. The molecule has 0 spiro atoms. The van der Waals surface area contributed by atoms with Gasteiger partial charge in [0.25, 0.3) is 0 Å². The van der Waals surface area contributed by atoms with Crippen molar-refractivity contribution in [2.45, 2.75) is 26.4 Å². The summed E-state index contributed by atoms with van der Waals surface area (Å²) in [5.41, 5.74) is 2.11. The Morgan fingerprint density at radius 1 is 1.41 bits per heavy atom. The van der Waals surface area contributed by atoms with Gasteiger partial charge in [-0.05, 0) is 13.5 Å². The predicted molar refractivity (Wildman–Crippen MR) is 64.4 cm³/mol. The first-order valence-electron chi connectivity index (χ1n) is 5.80. The summed E-state index contributed by atoms with van der Waals surface area (Å²) >= 11 is 0. The van der Waals surface area contributed by atoms with Crippen LogP contribution in [-0.4, -0.2) is 31.3 Å². The molecular formula is C11H18N6. The molecule has 2 rings (SSSR count). The van der Waals surface area contributed by atoms with Crippen molar-refractivity contribution >= 4 is 0 Å². The van der Waals surface area contributed by atoms with E-state index in [9.17, 15) is 0 Å². The summed E-state index contributed by atoms with van der Waals surface area (Å²) in [6.07, 6.45) is 5.83. The highest BCUT2D eigenvalue weighted by atomic mass is 15.4. The zero-order chi connectivity index (χ0) is 12.3. The summed E-state index contributed by atoms with van der Waals surface area (Å²) in [6.45, 7) is 5.84. The molecule has 1 atom stereocenters. The van der Waals surface area contributed by atoms with Crippen molar-refractivity contribution < 1.29 is 0 Å². The molecule has 0 saturated heterocycles. The molecule has 0 aromatic carbocycles. The van der Waals surface area contributed by atoms with E-state index in [1.807, 2.05) is 30.3 Å². The topological polar surface area (TPSA) is 60.6 Å². The lowest BCUT2D eigenvalue weighted by Gasteiger charge is -2.08. The second kappa shape index (κ2) is 5.09. The Morgan fingerprint density at radius 2 is 2.24 bits per heavy atom. The van der Waals surface area contributed by atoms with Crippen LogP contribution in [0.3, 0.4) is 0 Å². The predicted octanol–water partition coefficient (Wildman–Crippen LogP) is 0.730. The number of aromatic nitrogens is 5. The summed E-state index contributed by atoms with van der Waals surface area (Å²) in [5.74, 6) is 0. The minimum Gasteiger partial charge on any atom is -0.310 e. The van der Waals surface area contributed by atoms with Gasteiger partial charge in [0.1, 0.15) is 5.69 Å². The third-order valence-corrected chi connectivity index (χ3v) is 2.64. The molecule has 92 valence electrons. The molecule has 2 aromatic rings. The molecule has 0 aliphatic rings. The highest BCUT2D eigenvalue weighted by Gasteiger charge is 2.07. The molecule has 1 N–H and O–H groups in total. The molecule has 0 fully saturated rings. The van der Waals surface area contributed by atoms with Crippen molar-refractivity contribution in [1.29, 1.82) is 0 Å². The molecule has 0 radical (unpaired) electrons. The molecule has 6 heteroatoms. The summed E-state index contributed by atoms with van der Waals surface area (Å²) in [7, 11) is 1.86. The van der Waals surface area contributed by atoms with Gasteiger partial charge in [-0.2, -0.15) is 5.10 Å². The summed E-state index contributed by atoms with van der Waals surface area (Å²) in [4.78, 5) is 0. The third-order valence-electron chi connectivity index (χ3n) is 2.64. The van der Waals surface area contributed by atoms with E-state index >= 15 is 0 Å². The van der Waals surface area contributed by atoms with Gasteiger partial charge in [-0.25, -0.2) is 0 Å².